The minimum Gasteiger partial charge on any atom is -0.497 e. The lowest BCUT2D eigenvalue weighted by molar-refractivity contribution is 0.0696. The van der Waals surface area contributed by atoms with Crippen LogP contribution in [-0.2, 0) is 6.54 Å². The number of carboxylic acids is 1. The summed E-state index contributed by atoms with van der Waals surface area (Å²) in [4.78, 5) is 18.8. The molecule has 0 unspecified atom stereocenters. The number of rotatable bonds is 6. The van der Waals surface area contributed by atoms with Gasteiger partial charge in [-0.25, -0.2) is 14.2 Å². The fourth-order valence-corrected chi connectivity index (χ4v) is 2.56. The van der Waals surface area contributed by atoms with Crippen molar-refractivity contribution < 1.29 is 23.8 Å². The summed E-state index contributed by atoms with van der Waals surface area (Å²) in [5.41, 5.74) is -0.151. The third kappa shape index (κ3) is 4.18. The molecular formula is C16H13Cl2FN2O4. The van der Waals surface area contributed by atoms with Crippen LogP contribution in [0, 0.1) is 5.82 Å². The molecule has 0 amide bonds. The van der Waals surface area contributed by atoms with Gasteiger partial charge in [-0.1, -0.05) is 23.2 Å². The van der Waals surface area contributed by atoms with Gasteiger partial charge in [-0.15, -0.1) is 0 Å². The second-order valence-electron chi connectivity index (χ2n) is 4.75. The summed E-state index contributed by atoms with van der Waals surface area (Å²) < 4.78 is 24.5. The van der Waals surface area contributed by atoms with E-state index in [0.29, 0.717) is 17.1 Å². The van der Waals surface area contributed by atoms with E-state index in [1.165, 1.54) is 14.2 Å². The molecule has 0 saturated heterocycles. The summed E-state index contributed by atoms with van der Waals surface area (Å²) in [5.74, 6) is -1.30. The SMILES string of the molecule is COc1ccc(CN=Cc2c(F)c(Cl)nc(Cl)c2C(=O)O)c(OC)c1. The zero-order chi connectivity index (χ0) is 18.6. The summed E-state index contributed by atoms with van der Waals surface area (Å²) >= 11 is 11.4. The Morgan fingerprint density at radius 2 is 2.04 bits per heavy atom. The van der Waals surface area contributed by atoms with E-state index in [1.54, 1.807) is 18.2 Å². The van der Waals surface area contributed by atoms with Crippen molar-refractivity contribution in [1.29, 1.82) is 0 Å². The molecule has 1 aromatic heterocycles. The number of hydrogen-bond donors (Lipinski definition) is 1. The van der Waals surface area contributed by atoms with Gasteiger partial charge < -0.3 is 14.6 Å². The summed E-state index contributed by atoms with van der Waals surface area (Å²) in [7, 11) is 3.02. The van der Waals surface area contributed by atoms with Crippen molar-refractivity contribution in [1.82, 2.24) is 4.98 Å². The van der Waals surface area contributed by atoms with Gasteiger partial charge in [0.15, 0.2) is 11.0 Å². The smallest absolute Gasteiger partial charge is 0.339 e. The van der Waals surface area contributed by atoms with Crippen LogP contribution in [0.15, 0.2) is 23.2 Å². The van der Waals surface area contributed by atoms with Gasteiger partial charge in [-0.05, 0) is 12.1 Å². The van der Waals surface area contributed by atoms with E-state index in [1.807, 2.05) is 0 Å². The van der Waals surface area contributed by atoms with E-state index in [0.717, 1.165) is 6.21 Å². The van der Waals surface area contributed by atoms with E-state index in [4.69, 9.17) is 32.7 Å². The summed E-state index contributed by atoms with van der Waals surface area (Å²) in [6, 6.07) is 5.13. The zero-order valence-corrected chi connectivity index (χ0v) is 14.7. The number of pyridine rings is 1. The predicted molar refractivity (Wildman–Crippen MR) is 92.0 cm³/mol. The third-order valence-corrected chi connectivity index (χ3v) is 3.80. The molecule has 2 rings (SSSR count). The first-order valence-corrected chi connectivity index (χ1v) is 7.63. The maximum atomic E-state index is 14.1. The topological polar surface area (TPSA) is 81.0 Å². The van der Waals surface area contributed by atoms with Gasteiger partial charge in [0.05, 0.1) is 20.8 Å². The molecule has 1 heterocycles. The first-order valence-electron chi connectivity index (χ1n) is 6.87. The number of aromatic carboxylic acids is 1. The van der Waals surface area contributed by atoms with Gasteiger partial charge in [0.2, 0.25) is 0 Å². The van der Waals surface area contributed by atoms with Crippen LogP contribution < -0.4 is 9.47 Å². The van der Waals surface area contributed by atoms with E-state index < -0.39 is 27.7 Å². The second-order valence-corrected chi connectivity index (χ2v) is 5.46. The number of hydrogen-bond acceptors (Lipinski definition) is 5. The summed E-state index contributed by atoms with van der Waals surface area (Å²) in [6.07, 6.45) is 1.06. The number of carboxylic acid groups (broad SMARTS) is 1. The predicted octanol–water partition coefficient (Wildman–Crippen LogP) is 3.86. The molecule has 0 saturated carbocycles. The molecule has 0 radical (unpaired) electrons. The first kappa shape index (κ1) is 19.0. The number of carbonyl (C=O) groups is 1. The van der Waals surface area contributed by atoms with Crippen molar-refractivity contribution in [3.63, 3.8) is 0 Å². The Kier molecular flexibility index (Phi) is 6.17. The Bertz CT molecular complexity index is 843. The van der Waals surface area contributed by atoms with Crippen LogP contribution in [0.4, 0.5) is 4.39 Å². The van der Waals surface area contributed by atoms with E-state index >= 15 is 0 Å². The summed E-state index contributed by atoms with van der Waals surface area (Å²) in [6.45, 7) is 0.114. The van der Waals surface area contributed by atoms with Gasteiger partial charge >= 0.3 is 5.97 Å². The van der Waals surface area contributed by atoms with Crippen molar-refractivity contribution in [3.05, 3.63) is 51.0 Å². The van der Waals surface area contributed by atoms with Gasteiger partial charge in [-0.3, -0.25) is 4.99 Å². The van der Waals surface area contributed by atoms with Gasteiger partial charge in [0.25, 0.3) is 0 Å². The van der Waals surface area contributed by atoms with Crippen LogP contribution in [-0.4, -0.2) is 36.5 Å². The Hall–Kier alpha value is -2.38. The van der Waals surface area contributed by atoms with Crippen LogP contribution in [0.5, 0.6) is 11.5 Å². The number of aliphatic imine (C=N–C) groups is 1. The number of halogens is 3. The lowest BCUT2D eigenvalue weighted by Gasteiger charge is -2.09. The maximum absolute atomic E-state index is 14.1. The molecule has 0 aliphatic heterocycles. The molecule has 0 spiro atoms. The average Bonchev–Trinajstić information content (AvgIpc) is 2.58. The van der Waals surface area contributed by atoms with Crippen LogP contribution >= 0.6 is 23.2 Å². The lowest BCUT2D eigenvalue weighted by Crippen LogP contribution is -2.08. The first-order chi connectivity index (χ1) is 11.9. The Balaban J connectivity index is 2.36. The highest BCUT2D eigenvalue weighted by atomic mass is 35.5. The molecule has 25 heavy (non-hydrogen) atoms. The number of ether oxygens (including phenoxy) is 2. The van der Waals surface area contributed by atoms with Crippen LogP contribution in [0.25, 0.3) is 0 Å². The normalized spacial score (nSPS) is 10.9. The fourth-order valence-electron chi connectivity index (χ4n) is 2.07. The monoisotopic (exact) mass is 386 g/mol. The van der Waals surface area contributed by atoms with E-state index in [9.17, 15) is 14.3 Å². The molecule has 0 fully saturated rings. The fraction of sp³-hybridized carbons (Fsp3) is 0.188. The standard InChI is InChI=1S/C16H13Cl2FN2O4/c1-24-9-4-3-8(11(5-9)25-2)6-20-7-10-12(16(22)23)14(17)21-15(18)13(10)19/h3-5,7H,6H2,1-2H3,(H,22,23). The molecule has 132 valence electrons. The van der Waals surface area contributed by atoms with E-state index in [-0.39, 0.29) is 12.1 Å². The number of nitrogens with zero attached hydrogens (tertiary/aromatic N) is 2. The molecular weight excluding hydrogens is 374 g/mol. The Labute approximate surface area is 152 Å². The van der Waals surface area contributed by atoms with Crippen molar-refractivity contribution in [2.24, 2.45) is 4.99 Å². The van der Waals surface area contributed by atoms with Crippen LogP contribution in [0.2, 0.25) is 10.3 Å². The van der Waals surface area contributed by atoms with Crippen molar-refractivity contribution in [2.75, 3.05) is 14.2 Å². The molecule has 0 aliphatic carbocycles. The molecule has 0 bridgehead atoms. The zero-order valence-electron chi connectivity index (χ0n) is 13.2. The molecule has 0 atom stereocenters. The van der Waals surface area contributed by atoms with Crippen molar-refractivity contribution in [3.8, 4) is 11.5 Å². The molecule has 1 aromatic carbocycles. The molecule has 2 aromatic rings. The van der Waals surface area contributed by atoms with Crippen LogP contribution in [0.3, 0.4) is 0 Å². The maximum Gasteiger partial charge on any atom is 0.339 e. The van der Waals surface area contributed by atoms with Crippen LogP contribution in [0.1, 0.15) is 21.5 Å². The Morgan fingerprint density at radius 1 is 1.32 bits per heavy atom. The number of methoxy groups -OCH3 is 2. The van der Waals surface area contributed by atoms with Crippen molar-refractivity contribution in [2.45, 2.75) is 6.54 Å². The van der Waals surface area contributed by atoms with E-state index in [2.05, 4.69) is 9.98 Å². The lowest BCUT2D eigenvalue weighted by atomic mass is 10.1. The largest absolute Gasteiger partial charge is 0.497 e. The highest BCUT2D eigenvalue weighted by Gasteiger charge is 2.22. The molecule has 1 N–H and O–H groups in total. The second kappa shape index (κ2) is 8.13. The highest BCUT2D eigenvalue weighted by Crippen LogP contribution is 2.27. The van der Waals surface area contributed by atoms with Gasteiger partial charge in [-0.2, -0.15) is 0 Å². The molecule has 0 aliphatic rings. The molecule has 9 heteroatoms. The third-order valence-electron chi connectivity index (χ3n) is 3.28. The Morgan fingerprint density at radius 3 is 2.64 bits per heavy atom. The average molecular weight is 387 g/mol. The number of benzene rings is 1. The molecule has 6 nitrogen and oxygen atoms in total. The minimum absolute atomic E-state index is 0.114. The number of aromatic nitrogens is 1. The minimum atomic E-state index is -1.43. The van der Waals surface area contributed by atoms with Gasteiger partial charge in [0, 0.05) is 23.4 Å². The van der Waals surface area contributed by atoms with Gasteiger partial charge in [0.1, 0.15) is 22.2 Å². The quantitative estimate of drug-likeness (QED) is 0.601. The highest BCUT2D eigenvalue weighted by molar-refractivity contribution is 6.35. The van der Waals surface area contributed by atoms with Crippen molar-refractivity contribution >= 4 is 35.4 Å². The summed E-state index contributed by atoms with van der Waals surface area (Å²) in [5, 5.41) is 8.24.